The molecule has 21 heavy (non-hydrogen) atoms. The van der Waals surface area contributed by atoms with Crippen LogP contribution in [0.25, 0.3) is 0 Å². The molecule has 0 spiro atoms. The highest BCUT2D eigenvalue weighted by atomic mass is 16.6. The maximum Gasteiger partial charge on any atom is 0.408 e. The predicted octanol–water partition coefficient (Wildman–Crippen LogP) is 3.83. The molecule has 2 aliphatic rings. The molecule has 0 aliphatic heterocycles. The molecule has 0 aromatic rings. The number of ketones is 1. The zero-order valence-electron chi connectivity index (χ0n) is 13.8. The van der Waals surface area contributed by atoms with Crippen LogP contribution in [0, 0.1) is 11.3 Å². The molecular weight excluding hydrogens is 266 g/mol. The monoisotopic (exact) mass is 295 g/mol. The van der Waals surface area contributed by atoms with Gasteiger partial charge in [-0.2, -0.15) is 0 Å². The van der Waals surface area contributed by atoms with E-state index in [0.29, 0.717) is 0 Å². The van der Waals surface area contributed by atoms with Gasteiger partial charge in [-0.15, -0.1) is 0 Å². The molecule has 2 saturated carbocycles. The summed E-state index contributed by atoms with van der Waals surface area (Å²) in [5.74, 6) is 0.483. The summed E-state index contributed by atoms with van der Waals surface area (Å²) in [6.07, 6.45) is 7.04. The van der Waals surface area contributed by atoms with E-state index in [4.69, 9.17) is 4.74 Å². The van der Waals surface area contributed by atoms with Gasteiger partial charge in [0.2, 0.25) is 0 Å². The molecule has 2 rings (SSSR count). The van der Waals surface area contributed by atoms with Crippen molar-refractivity contribution < 1.29 is 14.3 Å². The predicted molar refractivity (Wildman–Crippen MR) is 82.1 cm³/mol. The van der Waals surface area contributed by atoms with Gasteiger partial charge in [-0.05, 0) is 52.4 Å². The van der Waals surface area contributed by atoms with Crippen molar-refractivity contribution in [2.24, 2.45) is 11.3 Å². The zero-order chi connectivity index (χ0) is 15.7. The maximum atomic E-state index is 12.8. The van der Waals surface area contributed by atoms with E-state index < -0.39 is 11.7 Å². The highest BCUT2D eigenvalue weighted by Gasteiger charge is 2.49. The van der Waals surface area contributed by atoms with Crippen LogP contribution in [0.5, 0.6) is 0 Å². The summed E-state index contributed by atoms with van der Waals surface area (Å²) in [6, 6.07) is -0.368. The van der Waals surface area contributed by atoms with Gasteiger partial charge in [0.05, 0.1) is 6.04 Å². The van der Waals surface area contributed by atoms with Crippen LogP contribution in [0.2, 0.25) is 0 Å². The summed E-state index contributed by atoms with van der Waals surface area (Å²) in [5, 5.41) is 2.88. The Hall–Kier alpha value is -1.06. The Balaban J connectivity index is 2.04. The third kappa shape index (κ3) is 4.45. The molecule has 0 heterocycles. The molecule has 1 N–H and O–H groups in total. The third-order valence-corrected chi connectivity index (χ3v) is 4.67. The van der Waals surface area contributed by atoms with Crippen molar-refractivity contribution in [1.82, 2.24) is 5.32 Å². The van der Waals surface area contributed by atoms with Crippen molar-refractivity contribution in [3.05, 3.63) is 0 Å². The van der Waals surface area contributed by atoms with Gasteiger partial charge in [0.1, 0.15) is 5.60 Å². The molecule has 1 unspecified atom stereocenters. The lowest BCUT2D eigenvalue weighted by atomic mass is 9.79. The molecule has 1 atom stereocenters. The molecule has 0 aromatic heterocycles. The molecule has 4 heteroatoms. The SMILES string of the molecule is CC(C)(C)OC(=O)NC(C(=O)C1(C)CC1)C1CCCCC1. The topological polar surface area (TPSA) is 55.4 Å². The second-order valence-electron chi connectivity index (χ2n) is 7.95. The summed E-state index contributed by atoms with van der Waals surface area (Å²) >= 11 is 0. The molecule has 2 aliphatic carbocycles. The third-order valence-electron chi connectivity index (χ3n) is 4.67. The van der Waals surface area contributed by atoms with Crippen molar-refractivity contribution in [2.75, 3.05) is 0 Å². The fourth-order valence-electron chi connectivity index (χ4n) is 3.11. The standard InChI is InChI=1S/C17H29NO3/c1-16(2,3)21-15(20)18-13(12-8-6-5-7-9-12)14(19)17(4)10-11-17/h12-13H,5-11H2,1-4H3,(H,18,20). The van der Waals surface area contributed by atoms with E-state index in [-0.39, 0.29) is 23.2 Å². The van der Waals surface area contributed by atoms with E-state index in [9.17, 15) is 9.59 Å². The molecular formula is C17H29NO3. The van der Waals surface area contributed by atoms with Crippen molar-refractivity contribution in [1.29, 1.82) is 0 Å². The summed E-state index contributed by atoms with van der Waals surface area (Å²) in [7, 11) is 0. The first-order valence-electron chi connectivity index (χ1n) is 8.25. The van der Waals surface area contributed by atoms with Crippen LogP contribution in [0.15, 0.2) is 0 Å². The van der Waals surface area contributed by atoms with Crippen molar-refractivity contribution in [3.8, 4) is 0 Å². The summed E-state index contributed by atoms with van der Waals surface area (Å²) in [5.41, 5.74) is -0.745. The molecule has 120 valence electrons. The molecule has 0 bridgehead atoms. The van der Waals surface area contributed by atoms with Crippen LogP contribution < -0.4 is 5.32 Å². The molecule has 0 aromatic carbocycles. The summed E-state index contributed by atoms with van der Waals surface area (Å²) in [4.78, 5) is 24.8. The lowest BCUT2D eigenvalue weighted by molar-refractivity contribution is -0.127. The van der Waals surface area contributed by atoms with Crippen molar-refractivity contribution in [3.63, 3.8) is 0 Å². The van der Waals surface area contributed by atoms with E-state index in [1.54, 1.807) is 0 Å². The van der Waals surface area contributed by atoms with Gasteiger partial charge in [-0.1, -0.05) is 26.2 Å². The van der Waals surface area contributed by atoms with Crippen molar-refractivity contribution in [2.45, 2.75) is 84.3 Å². The van der Waals surface area contributed by atoms with Crippen LogP contribution in [-0.2, 0) is 9.53 Å². The van der Waals surface area contributed by atoms with E-state index in [1.165, 1.54) is 6.42 Å². The number of alkyl carbamates (subject to hydrolysis) is 1. The van der Waals surface area contributed by atoms with Crippen LogP contribution in [-0.4, -0.2) is 23.5 Å². The Bertz CT molecular complexity index is 401. The lowest BCUT2D eigenvalue weighted by Crippen LogP contribution is -2.50. The zero-order valence-corrected chi connectivity index (χ0v) is 13.8. The Labute approximate surface area is 128 Å². The van der Waals surface area contributed by atoms with E-state index in [2.05, 4.69) is 5.32 Å². The van der Waals surface area contributed by atoms with Crippen LogP contribution in [0.1, 0.15) is 72.6 Å². The first-order chi connectivity index (χ1) is 9.71. The van der Waals surface area contributed by atoms with Gasteiger partial charge in [-0.25, -0.2) is 4.79 Å². The average molecular weight is 295 g/mol. The van der Waals surface area contributed by atoms with Crippen molar-refractivity contribution >= 4 is 11.9 Å². The fourth-order valence-corrected chi connectivity index (χ4v) is 3.11. The summed E-state index contributed by atoms with van der Waals surface area (Å²) < 4.78 is 5.34. The number of carbonyl (C=O) groups is 2. The second-order valence-corrected chi connectivity index (χ2v) is 7.95. The Morgan fingerprint density at radius 2 is 1.71 bits per heavy atom. The minimum Gasteiger partial charge on any atom is -0.444 e. The molecule has 2 fully saturated rings. The van der Waals surface area contributed by atoms with E-state index >= 15 is 0 Å². The van der Waals surface area contributed by atoms with E-state index in [1.807, 2.05) is 27.7 Å². The largest absolute Gasteiger partial charge is 0.444 e. The molecule has 4 nitrogen and oxygen atoms in total. The Morgan fingerprint density at radius 3 is 2.19 bits per heavy atom. The highest BCUT2D eigenvalue weighted by Crippen LogP contribution is 2.48. The second kappa shape index (κ2) is 5.98. The van der Waals surface area contributed by atoms with Gasteiger partial charge >= 0.3 is 6.09 Å². The number of amides is 1. The average Bonchev–Trinajstić information content (AvgIpc) is 3.13. The van der Waals surface area contributed by atoms with Gasteiger partial charge in [0, 0.05) is 5.41 Å². The number of hydrogen-bond acceptors (Lipinski definition) is 3. The smallest absolute Gasteiger partial charge is 0.408 e. The van der Waals surface area contributed by atoms with E-state index in [0.717, 1.165) is 38.5 Å². The minimum atomic E-state index is -0.534. The van der Waals surface area contributed by atoms with Gasteiger partial charge < -0.3 is 10.1 Å². The number of Topliss-reactive ketones (excluding diaryl/α,β-unsaturated/α-hetero) is 1. The molecule has 1 amide bonds. The number of hydrogen-bond donors (Lipinski definition) is 1. The fraction of sp³-hybridized carbons (Fsp3) is 0.882. The van der Waals surface area contributed by atoms with Crippen LogP contribution in [0.3, 0.4) is 0 Å². The highest BCUT2D eigenvalue weighted by molar-refractivity contribution is 5.94. The Morgan fingerprint density at radius 1 is 1.14 bits per heavy atom. The quantitative estimate of drug-likeness (QED) is 0.857. The minimum absolute atomic E-state index is 0.209. The van der Waals surface area contributed by atoms with Gasteiger partial charge in [0.15, 0.2) is 5.78 Å². The first-order valence-corrected chi connectivity index (χ1v) is 8.25. The van der Waals surface area contributed by atoms with Gasteiger partial charge in [-0.3, -0.25) is 4.79 Å². The first kappa shape index (κ1) is 16.3. The van der Waals surface area contributed by atoms with Crippen LogP contribution in [0.4, 0.5) is 4.79 Å². The maximum absolute atomic E-state index is 12.8. The Kier molecular flexibility index (Phi) is 4.64. The lowest BCUT2D eigenvalue weighted by Gasteiger charge is -2.32. The number of ether oxygens (including phenoxy) is 1. The normalized spacial score (nSPS) is 23.2. The van der Waals surface area contributed by atoms with Crippen LogP contribution >= 0.6 is 0 Å². The number of carbonyl (C=O) groups excluding carboxylic acids is 2. The number of rotatable bonds is 4. The van der Waals surface area contributed by atoms with Gasteiger partial charge in [0.25, 0.3) is 0 Å². The molecule has 0 radical (unpaired) electrons. The number of nitrogens with one attached hydrogen (secondary N) is 1. The molecule has 0 saturated heterocycles. The summed E-state index contributed by atoms with van der Waals surface area (Å²) in [6.45, 7) is 7.53.